The van der Waals surface area contributed by atoms with E-state index < -0.39 is 29.1 Å². The summed E-state index contributed by atoms with van der Waals surface area (Å²) in [6.45, 7) is 14.0. The maximum atomic E-state index is 13.3. The molecule has 3 heterocycles. The predicted molar refractivity (Wildman–Crippen MR) is 151 cm³/mol. The normalized spacial score (nSPS) is 23.1. The fraction of sp³-hybridized carbons (Fsp3) is 0.656. The SMILES string of the molecule is CC(C)[C@H](CC(=O)[C@H](C)NC(=O)[C@@H](CC(=O)c1ccccc1)C(C)(C)C)C(=O)C(=O)CC1CN2CCC1CC2. The van der Waals surface area contributed by atoms with Gasteiger partial charge in [0.15, 0.2) is 17.3 Å². The van der Waals surface area contributed by atoms with Crippen LogP contribution in [-0.4, -0.2) is 59.6 Å². The van der Waals surface area contributed by atoms with Crippen molar-refractivity contribution in [3.05, 3.63) is 35.9 Å². The fourth-order valence-electron chi connectivity index (χ4n) is 6.00. The maximum absolute atomic E-state index is 13.3. The van der Waals surface area contributed by atoms with Crippen molar-refractivity contribution in [2.75, 3.05) is 19.6 Å². The average molecular weight is 539 g/mol. The van der Waals surface area contributed by atoms with E-state index in [1.54, 1.807) is 31.2 Å². The highest BCUT2D eigenvalue weighted by molar-refractivity contribution is 6.38. The Balaban J connectivity index is 1.60. The molecule has 3 fully saturated rings. The fourth-order valence-corrected chi connectivity index (χ4v) is 6.00. The van der Waals surface area contributed by atoms with Gasteiger partial charge < -0.3 is 10.2 Å². The minimum Gasteiger partial charge on any atom is -0.346 e. The van der Waals surface area contributed by atoms with E-state index >= 15 is 0 Å². The Labute approximate surface area is 233 Å². The van der Waals surface area contributed by atoms with Gasteiger partial charge in [-0.05, 0) is 56.0 Å². The summed E-state index contributed by atoms with van der Waals surface area (Å²) in [5.74, 6) is -2.40. The van der Waals surface area contributed by atoms with E-state index in [9.17, 15) is 24.0 Å². The highest BCUT2D eigenvalue weighted by atomic mass is 16.2. The Morgan fingerprint density at radius 3 is 2.08 bits per heavy atom. The Morgan fingerprint density at radius 1 is 0.949 bits per heavy atom. The van der Waals surface area contributed by atoms with Crippen molar-refractivity contribution in [3.8, 4) is 0 Å². The number of amides is 1. The van der Waals surface area contributed by atoms with Crippen LogP contribution in [0, 0.1) is 35.0 Å². The van der Waals surface area contributed by atoms with Gasteiger partial charge in [0, 0.05) is 37.3 Å². The van der Waals surface area contributed by atoms with Crippen LogP contribution >= 0.6 is 0 Å². The van der Waals surface area contributed by atoms with Crippen molar-refractivity contribution in [3.63, 3.8) is 0 Å². The molecule has 1 aromatic rings. The number of hydrogen-bond acceptors (Lipinski definition) is 6. The van der Waals surface area contributed by atoms with E-state index in [-0.39, 0.29) is 54.4 Å². The number of Topliss-reactive ketones (excluding diaryl/α,β-unsaturated/α-hetero) is 4. The topological polar surface area (TPSA) is 101 Å². The molecule has 4 rings (SSSR count). The van der Waals surface area contributed by atoms with Crippen LogP contribution in [0.1, 0.15) is 84.0 Å². The van der Waals surface area contributed by atoms with Crippen molar-refractivity contribution in [1.29, 1.82) is 0 Å². The van der Waals surface area contributed by atoms with Gasteiger partial charge in [-0.3, -0.25) is 24.0 Å². The molecule has 7 heteroatoms. The molecule has 1 N–H and O–H groups in total. The third-order valence-corrected chi connectivity index (χ3v) is 8.77. The summed E-state index contributed by atoms with van der Waals surface area (Å²) in [5, 5.41) is 2.80. The van der Waals surface area contributed by atoms with Crippen molar-refractivity contribution < 1.29 is 24.0 Å². The summed E-state index contributed by atoms with van der Waals surface area (Å²) in [4.78, 5) is 67.9. The summed E-state index contributed by atoms with van der Waals surface area (Å²) < 4.78 is 0. The van der Waals surface area contributed by atoms with Crippen LogP contribution in [0.3, 0.4) is 0 Å². The molecule has 1 aromatic carbocycles. The van der Waals surface area contributed by atoms with Crippen molar-refractivity contribution in [1.82, 2.24) is 10.2 Å². The second kappa shape index (κ2) is 13.1. The predicted octanol–water partition coefficient (Wildman–Crippen LogP) is 4.53. The number of nitrogens with one attached hydrogen (secondary N) is 1. The molecule has 2 bridgehead atoms. The number of hydrogen-bond donors (Lipinski definition) is 1. The lowest BCUT2D eigenvalue weighted by molar-refractivity contribution is -0.142. The molecule has 39 heavy (non-hydrogen) atoms. The number of ketones is 4. The lowest BCUT2D eigenvalue weighted by Gasteiger charge is -2.44. The second-order valence-corrected chi connectivity index (χ2v) is 13.1. The van der Waals surface area contributed by atoms with Gasteiger partial charge in [0.05, 0.1) is 12.0 Å². The van der Waals surface area contributed by atoms with Gasteiger partial charge in [-0.25, -0.2) is 0 Å². The van der Waals surface area contributed by atoms with Gasteiger partial charge >= 0.3 is 0 Å². The van der Waals surface area contributed by atoms with Gasteiger partial charge in [0.1, 0.15) is 0 Å². The number of nitrogens with zero attached hydrogens (tertiary/aromatic N) is 1. The molecule has 7 nitrogen and oxygen atoms in total. The molecular formula is C32H46N2O5. The number of fused-ring (bicyclic) bond motifs is 3. The van der Waals surface area contributed by atoms with Crippen molar-refractivity contribution in [2.24, 2.45) is 35.0 Å². The first kappa shape index (κ1) is 30.9. The van der Waals surface area contributed by atoms with Gasteiger partial charge in [0.25, 0.3) is 0 Å². The van der Waals surface area contributed by atoms with E-state index in [1.807, 2.05) is 40.7 Å². The van der Waals surface area contributed by atoms with E-state index in [4.69, 9.17) is 0 Å². The molecule has 1 amide bonds. The zero-order chi connectivity index (χ0) is 28.9. The zero-order valence-electron chi connectivity index (χ0n) is 24.5. The lowest BCUT2D eigenvalue weighted by Crippen LogP contribution is -2.48. The van der Waals surface area contributed by atoms with Gasteiger partial charge in [0.2, 0.25) is 11.7 Å². The minimum absolute atomic E-state index is 0.0292. The molecule has 3 aliphatic rings. The molecule has 0 spiro atoms. The number of benzene rings is 1. The minimum atomic E-state index is -0.833. The smallest absolute Gasteiger partial charge is 0.224 e. The lowest BCUT2D eigenvalue weighted by atomic mass is 9.75. The van der Waals surface area contributed by atoms with E-state index in [0.717, 1.165) is 32.5 Å². The Bertz CT molecular complexity index is 1050. The molecule has 0 aliphatic carbocycles. The Morgan fingerprint density at radius 2 is 1.56 bits per heavy atom. The first-order valence-corrected chi connectivity index (χ1v) is 14.5. The highest BCUT2D eigenvalue weighted by Gasteiger charge is 2.39. The summed E-state index contributed by atoms with van der Waals surface area (Å²) >= 11 is 0. The number of carbonyl (C=O) groups excluding carboxylic acids is 5. The summed E-state index contributed by atoms with van der Waals surface area (Å²) in [6.07, 6.45) is 2.37. The Kier molecular flexibility index (Phi) is 10.4. The molecule has 4 atom stereocenters. The van der Waals surface area contributed by atoms with Crippen LogP contribution in [0.4, 0.5) is 0 Å². The van der Waals surface area contributed by atoms with E-state index in [1.165, 1.54) is 0 Å². The van der Waals surface area contributed by atoms with Gasteiger partial charge in [-0.15, -0.1) is 0 Å². The van der Waals surface area contributed by atoms with Crippen LogP contribution in [0.5, 0.6) is 0 Å². The van der Waals surface area contributed by atoms with Gasteiger partial charge in [-0.1, -0.05) is 65.0 Å². The van der Waals surface area contributed by atoms with Crippen LogP contribution in [0.25, 0.3) is 0 Å². The van der Waals surface area contributed by atoms with E-state index in [2.05, 4.69) is 10.2 Å². The standard InChI is InChI=1S/C32H46N2O5/c1-20(2)25(30(38)29(37)16-24-19-34-14-12-22(24)13-15-34)17-27(35)21(3)33-31(39)26(32(4,5)6)18-28(36)23-10-8-7-9-11-23/h7-11,20-22,24-26H,12-19H2,1-6H3,(H,33,39)/t21-,24?,25-,26+/m0/s1. The number of piperidine rings is 3. The molecule has 0 aromatic heterocycles. The molecular weight excluding hydrogens is 492 g/mol. The molecule has 214 valence electrons. The van der Waals surface area contributed by atoms with E-state index in [0.29, 0.717) is 11.5 Å². The molecule has 0 radical (unpaired) electrons. The first-order valence-electron chi connectivity index (χ1n) is 14.5. The van der Waals surface area contributed by atoms with Crippen LogP contribution in [-0.2, 0) is 19.2 Å². The monoisotopic (exact) mass is 538 g/mol. The Hall–Kier alpha value is -2.67. The van der Waals surface area contributed by atoms with Crippen molar-refractivity contribution in [2.45, 2.75) is 79.7 Å². The number of rotatable bonds is 13. The van der Waals surface area contributed by atoms with Crippen molar-refractivity contribution >= 4 is 29.0 Å². The third-order valence-electron chi connectivity index (χ3n) is 8.77. The van der Waals surface area contributed by atoms with Gasteiger partial charge in [-0.2, -0.15) is 0 Å². The van der Waals surface area contributed by atoms with Crippen LogP contribution in [0.15, 0.2) is 30.3 Å². The summed E-state index contributed by atoms with van der Waals surface area (Å²) in [7, 11) is 0. The van der Waals surface area contributed by atoms with Crippen LogP contribution < -0.4 is 5.32 Å². The summed E-state index contributed by atoms with van der Waals surface area (Å²) in [5.41, 5.74) is 0.0415. The molecule has 3 aliphatic heterocycles. The maximum Gasteiger partial charge on any atom is 0.224 e. The second-order valence-electron chi connectivity index (χ2n) is 13.1. The molecule has 1 unspecified atom stereocenters. The molecule has 0 saturated carbocycles. The quantitative estimate of drug-likeness (QED) is 0.293. The average Bonchev–Trinajstić information content (AvgIpc) is 2.89. The largest absolute Gasteiger partial charge is 0.346 e. The molecule has 3 saturated heterocycles. The van der Waals surface area contributed by atoms with Crippen LogP contribution in [0.2, 0.25) is 0 Å². The first-order chi connectivity index (χ1) is 18.3. The highest BCUT2D eigenvalue weighted by Crippen LogP contribution is 2.35. The zero-order valence-corrected chi connectivity index (χ0v) is 24.5. The summed E-state index contributed by atoms with van der Waals surface area (Å²) in [6, 6.07) is 8.03. The third kappa shape index (κ3) is 8.17. The number of carbonyl (C=O) groups is 5.